The zero-order valence-electron chi connectivity index (χ0n) is 13.8. The van der Waals surface area contributed by atoms with Crippen LogP contribution >= 0.6 is 11.6 Å². The lowest BCUT2D eigenvalue weighted by Gasteiger charge is -2.29. The summed E-state index contributed by atoms with van der Waals surface area (Å²) < 4.78 is 1.88. The zero-order valence-corrected chi connectivity index (χ0v) is 14.6. The minimum atomic E-state index is 0.494. The van der Waals surface area contributed by atoms with Crippen LogP contribution in [0.15, 0.2) is 30.5 Å². The van der Waals surface area contributed by atoms with Crippen molar-refractivity contribution in [1.29, 1.82) is 0 Å². The summed E-state index contributed by atoms with van der Waals surface area (Å²) in [5, 5.41) is 9.70. The highest BCUT2D eigenvalue weighted by Gasteiger charge is 2.29. The number of halogens is 1. The predicted octanol–water partition coefficient (Wildman–Crippen LogP) is 2.76. The first-order valence-corrected chi connectivity index (χ1v) is 9.15. The van der Waals surface area contributed by atoms with E-state index in [9.17, 15) is 0 Å². The molecule has 0 amide bonds. The van der Waals surface area contributed by atoms with Crippen molar-refractivity contribution in [2.24, 2.45) is 0 Å². The SMILES string of the molecule is Clc1cccc(-n2ncc3c(N4CCNCC4)nc(C4CC4)nc32)c1. The normalized spacial score (nSPS) is 18.0. The van der Waals surface area contributed by atoms with E-state index in [-0.39, 0.29) is 0 Å². The lowest BCUT2D eigenvalue weighted by molar-refractivity contribution is 0.585. The summed E-state index contributed by atoms with van der Waals surface area (Å²) >= 11 is 6.17. The molecule has 0 unspecified atom stereocenters. The van der Waals surface area contributed by atoms with Crippen LogP contribution in [-0.4, -0.2) is 45.9 Å². The Hall–Kier alpha value is -2.18. The van der Waals surface area contributed by atoms with Crippen molar-refractivity contribution < 1.29 is 0 Å². The number of benzene rings is 1. The Bertz CT molecular complexity index is 926. The van der Waals surface area contributed by atoms with E-state index < -0.39 is 0 Å². The molecular weight excluding hydrogens is 336 g/mol. The molecule has 1 aliphatic carbocycles. The minimum absolute atomic E-state index is 0.494. The maximum Gasteiger partial charge on any atom is 0.168 e. The molecule has 0 atom stereocenters. The van der Waals surface area contributed by atoms with E-state index >= 15 is 0 Å². The van der Waals surface area contributed by atoms with Crippen LogP contribution in [0.4, 0.5) is 5.82 Å². The average molecular weight is 355 g/mol. The number of aromatic nitrogens is 4. The molecule has 5 rings (SSSR count). The lowest BCUT2D eigenvalue weighted by Crippen LogP contribution is -2.44. The van der Waals surface area contributed by atoms with Crippen molar-refractivity contribution in [1.82, 2.24) is 25.1 Å². The van der Waals surface area contributed by atoms with E-state index in [1.54, 1.807) is 0 Å². The molecule has 1 aliphatic heterocycles. The second-order valence-corrected chi connectivity index (χ2v) is 7.13. The smallest absolute Gasteiger partial charge is 0.168 e. The maximum atomic E-state index is 6.17. The van der Waals surface area contributed by atoms with Crippen LogP contribution in [0, 0.1) is 0 Å². The van der Waals surface area contributed by atoms with Gasteiger partial charge in [0.05, 0.1) is 17.3 Å². The van der Waals surface area contributed by atoms with Crippen molar-refractivity contribution in [2.45, 2.75) is 18.8 Å². The third kappa shape index (κ3) is 2.75. The first-order chi connectivity index (χ1) is 12.3. The first-order valence-electron chi connectivity index (χ1n) is 8.77. The Morgan fingerprint density at radius 3 is 2.72 bits per heavy atom. The second kappa shape index (κ2) is 5.97. The second-order valence-electron chi connectivity index (χ2n) is 6.69. The van der Waals surface area contributed by atoms with Crippen LogP contribution in [0.3, 0.4) is 0 Å². The van der Waals surface area contributed by atoms with Crippen molar-refractivity contribution in [3.63, 3.8) is 0 Å². The molecule has 2 aromatic heterocycles. The topological polar surface area (TPSA) is 58.9 Å². The van der Waals surface area contributed by atoms with Gasteiger partial charge in [0.2, 0.25) is 0 Å². The van der Waals surface area contributed by atoms with Gasteiger partial charge in [0.25, 0.3) is 0 Å². The lowest BCUT2D eigenvalue weighted by atomic mass is 10.2. The fourth-order valence-electron chi connectivity index (χ4n) is 3.35. The number of nitrogens with one attached hydrogen (secondary N) is 1. The van der Waals surface area contributed by atoms with Crippen LogP contribution in [0.2, 0.25) is 5.02 Å². The fourth-order valence-corrected chi connectivity index (χ4v) is 3.53. The van der Waals surface area contributed by atoms with Crippen LogP contribution in [0.25, 0.3) is 16.7 Å². The summed E-state index contributed by atoms with van der Waals surface area (Å²) in [6, 6.07) is 7.72. The standard InChI is InChI=1S/C18H19ClN6/c19-13-2-1-3-14(10-13)25-18-15(11-21-25)17(24-8-6-20-7-9-24)22-16(23-18)12-4-5-12/h1-3,10-12,20H,4-9H2. The monoisotopic (exact) mass is 354 g/mol. The quantitative estimate of drug-likeness (QED) is 0.783. The highest BCUT2D eigenvalue weighted by atomic mass is 35.5. The average Bonchev–Trinajstić information content (AvgIpc) is 3.41. The molecule has 128 valence electrons. The van der Waals surface area contributed by atoms with Gasteiger partial charge >= 0.3 is 0 Å². The third-order valence-electron chi connectivity index (χ3n) is 4.84. The van der Waals surface area contributed by atoms with Gasteiger partial charge in [-0.3, -0.25) is 0 Å². The molecule has 3 aromatic rings. The molecule has 1 saturated heterocycles. The van der Waals surface area contributed by atoms with Gasteiger partial charge in [0.15, 0.2) is 5.65 Å². The Morgan fingerprint density at radius 1 is 1.12 bits per heavy atom. The van der Waals surface area contributed by atoms with Gasteiger partial charge in [-0.2, -0.15) is 5.10 Å². The molecule has 3 heterocycles. The molecule has 0 radical (unpaired) electrons. The van der Waals surface area contributed by atoms with Crippen molar-refractivity contribution in [3.8, 4) is 5.69 Å². The van der Waals surface area contributed by atoms with E-state index in [0.717, 1.165) is 54.5 Å². The van der Waals surface area contributed by atoms with E-state index in [1.165, 1.54) is 12.8 Å². The van der Waals surface area contributed by atoms with Gasteiger partial charge in [-0.15, -0.1) is 0 Å². The highest BCUT2D eigenvalue weighted by molar-refractivity contribution is 6.30. The summed E-state index contributed by atoms with van der Waals surface area (Å²) in [5.41, 5.74) is 1.79. The molecule has 1 aromatic carbocycles. The Morgan fingerprint density at radius 2 is 1.96 bits per heavy atom. The van der Waals surface area contributed by atoms with Gasteiger partial charge in [0.1, 0.15) is 11.6 Å². The van der Waals surface area contributed by atoms with Crippen LogP contribution in [0.5, 0.6) is 0 Å². The van der Waals surface area contributed by atoms with E-state index in [2.05, 4.69) is 15.3 Å². The van der Waals surface area contributed by atoms with Gasteiger partial charge in [0, 0.05) is 37.1 Å². The summed E-state index contributed by atoms with van der Waals surface area (Å²) in [7, 11) is 0. The number of nitrogens with zero attached hydrogens (tertiary/aromatic N) is 5. The summed E-state index contributed by atoms with van der Waals surface area (Å²) in [4.78, 5) is 12.1. The predicted molar refractivity (Wildman–Crippen MR) is 98.7 cm³/mol. The number of hydrogen-bond donors (Lipinski definition) is 1. The van der Waals surface area contributed by atoms with E-state index in [4.69, 9.17) is 21.6 Å². The van der Waals surface area contributed by atoms with Crippen molar-refractivity contribution >= 4 is 28.5 Å². The van der Waals surface area contributed by atoms with Gasteiger partial charge in [-0.05, 0) is 31.0 Å². The van der Waals surface area contributed by atoms with Crippen LogP contribution in [-0.2, 0) is 0 Å². The van der Waals surface area contributed by atoms with Crippen molar-refractivity contribution in [2.75, 3.05) is 31.1 Å². The van der Waals surface area contributed by atoms with E-state index in [0.29, 0.717) is 10.9 Å². The highest BCUT2D eigenvalue weighted by Crippen LogP contribution is 2.40. The molecule has 6 nitrogen and oxygen atoms in total. The number of rotatable bonds is 3. The summed E-state index contributed by atoms with van der Waals surface area (Å²) in [6.45, 7) is 3.87. The largest absolute Gasteiger partial charge is 0.353 e. The fraction of sp³-hybridized carbons (Fsp3) is 0.389. The number of fused-ring (bicyclic) bond motifs is 1. The van der Waals surface area contributed by atoms with Crippen LogP contribution in [0.1, 0.15) is 24.6 Å². The Balaban J connectivity index is 1.69. The molecule has 25 heavy (non-hydrogen) atoms. The first kappa shape index (κ1) is 15.1. The van der Waals surface area contributed by atoms with Gasteiger partial charge in [-0.25, -0.2) is 14.6 Å². The molecule has 1 N–H and O–H groups in total. The minimum Gasteiger partial charge on any atom is -0.353 e. The molecule has 1 saturated carbocycles. The summed E-state index contributed by atoms with van der Waals surface area (Å²) in [5.74, 6) is 2.46. The molecule has 2 fully saturated rings. The molecule has 0 spiro atoms. The zero-order chi connectivity index (χ0) is 16.8. The van der Waals surface area contributed by atoms with Crippen molar-refractivity contribution in [3.05, 3.63) is 41.3 Å². The van der Waals surface area contributed by atoms with Gasteiger partial charge < -0.3 is 10.2 Å². The van der Waals surface area contributed by atoms with E-state index in [1.807, 2.05) is 35.1 Å². The molecular formula is C18H19ClN6. The molecule has 7 heteroatoms. The molecule has 0 bridgehead atoms. The van der Waals surface area contributed by atoms with Gasteiger partial charge in [-0.1, -0.05) is 17.7 Å². The number of hydrogen-bond acceptors (Lipinski definition) is 5. The van der Waals surface area contributed by atoms with Crippen LogP contribution < -0.4 is 10.2 Å². The number of piperazine rings is 1. The third-order valence-corrected chi connectivity index (χ3v) is 5.07. The maximum absolute atomic E-state index is 6.17. The Labute approximate surface area is 150 Å². The summed E-state index contributed by atoms with van der Waals surface area (Å²) in [6.07, 6.45) is 4.24. The molecule has 2 aliphatic rings. The number of anilines is 1. The Kier molecular flexibility index (Phi) is 3.60.